The molecule has 118 valence electrons. The molecule has 0 saturated carbocycles. The summed E-state index contributed by atoms with van der Waals surface area (Å²) in [5, 5.41) is 4.36. The Morgan fingerprint density at radius 3 is 2.73 bits per heavy atom. The minimum absolute atomic E-state index is 0.365. The van der Waals surface area contributed by atoms with E-state index in [0.29, 0.717) is 12.0 Å². The van der Waals surface area contributed by atoms with E-state index < -0.39 is 0 Å². The van der Waals surface area contributed by atoms with Gasteiger partial charge >= 0.3 is 0 Å². The minimum Gasteiger partial charge on any atom is -0.306 e. The van der Waals surface area contributed by atoms with E-state index in [1.165, 1.54) is 25.9 Å². The molecule has 1 saturated heterocycles. The highest BCUT2D eigenvalue weighted by atomic mass is 15.3. The summed E-state index contributed by atoms with van der Waals surface area (Å²) in [5.74, 6) is 0.711. The second-order valence-electron chi connectivity index (χ2n) is 6.67. The summed E-state index contributed by atoms with van der Waals surface area (Å²) >= 11 is 0. The lowest BCUT2D eigenvalue weighted by Gasteiger charge is -2.29. The summed E-state index contributed by atoms with van der Waals surface area (Å²) in [7, 11) is 2.20. The Hall–Kier alpha value is -1.75. The van der Waals surface area contributed by atoms with Gasteiger partial charge in [0.25, 0.3) is 0 Å². The van der Waals surface area contributed by atoms with Crippen LogP contribution < -0.4 is 0 Å². The second-order valence-corrected chi connectivity index (χ2v) is 6.67. The Kier molecular flexibility index (Phi) is 4.52. The molecule has 1 aliphatic rings. The first-order chi connectivity index (χ1) is 10.6. The van der Waals surface area contributed by atoms with Crippen molar-refractivity contribution in [1.29, 1.82) is 0 Å². The lowest BCUT2D eigenvalue weighted by atomic mass is 9.94. The van der Waals surface area contributed by atoms with Crippen molar-refractivity contribution in [2.45, 2.75) is 39.2 Å². The number of hydrogen-bond acceptors (Lipinski definition) is 4. The highest BCUT2D eigenvalue weighted by Gasteiger charge is 2.18. The van der Waals surface area contributed by atoms with E-state index in [0.717, 1.165) is 23.4 Å². The molecular weight excluding hydrogens is 274 g/mol. The molecule has 5 heteroatoms. The second kappa shape index (κ2) is 6.57. The Morgan fingerprint density at radius 1 is 1.23 bits per heavy atom. The molecule has 0 bridgehead atoms. The molecular formula is C17H25N5. The monoisotopic (exact) mass is 299 g/mol. The Balaban J connectivity index is 1.66. The predicted molar refractivity (Wildman–Crippen MR) is 87.6 cm³/mol. The standard InChI is InChI=1S/C17H25N5/c1-13(2)22-12-15(8-20-22)17-10-18-16(9-19-17)7-14-5-4-6-21(3)11-14/h8-10,12-14H,4-7,11H2,1-3H3/t14-/m1/s1. The van der Waals surface area contributed by atoms with Crippen molar-refractivity contribution in [3.05, 3.63) is 30.5 Å². The summed E-state index contributed by atoms with van der Waals surface area (Å²) in [6.45, 7) is 6.63. The third kappa shape index (κ3) is 3.53. The molecule has 0 aromatic carbocycles. The molecule has 2 aromatic heterocycles. The third-order valence-corrected chi connectivity index (χ3v) is 4.35. The van der Waals surface area contributed by atoms with Crippen molar-refractivity contribution in [2.24, 2.45) is 5.92 Å². The van der Waals surface area contributed by atoms with Crippen LogP contribution >= 0.6 is 0 Å². The van der Waals surface area contributed by atoms with Crippen molar-refractivity contribution in [3.63, 3.8) is 0 Å². The molecule has 0 unspecified atom stereocenters. The van der Waals surface area contributed by atoms with E-state index >= 15 is 0 Å². The third-order valence-electron chi connectivity index (χ3n) is 4.35. The van der Waals surface area contributed by atoms with Crippen LogP contribution in [0.1, 0.15) is 38.4 Å². The van der Waals surface area contributed by atoms with Crippen LogP contribution in [0, 0.1) is 5.92 Å². The van der Waals surface area contributed by atoms with Gasteiger partial charge in [-0.05, 0) is 52.6 Å². The fourth-order valence-electron chi connectivity index (χ4n) is 3.10. The van der Waals surface area contributed by atoms with Crippen molar-refractivity contribution < 1.29 is 0 Å². The minimum atomic E-state index is 0.365. The zero-order valence-corrected chi connectivity index (χ0v) is 13.7. The van der Waals surface area contributed by atoms with Crippen LogP contribution in [0.15, 0.2) is 24.8 Å². The van der Waals surface area contributed by atoms with Crippen molar-refractivity contribution in [1.82, 2.24) is 24.6 Å². The average molecular weight is 299 g/mol. The molecule has 0 N–H and O–H groups in total. The van der Waals surface area contributed by atoms with E-state index in [-0.39, 0.29) is 0 Å². The molecule has 1 aliphatic heterocycles. The first kappa shape index (κ1) is 15.2. The molecule has 3 rings (SSSR count). The maximum absolute atomic E-state index is 4.61. The normalized spacial score (nSPS) is 19.7. The molecule has 0 spiro atoms. The molecule has 0 amide bonds. The topological polar surface area (TPSA) is 46.8 Å². The van der Waals surface area contributed by atoms with E-state index in [9.17, 15) is 0 Å². The highest BCUT2D eigenvalue weighted by molar-refractivity contribution is 5.55. The largest absolute Gasteiger partial charge is 0.306 e. The van der Waals surface area contributed by atoms with Gasteiger partial charge in [-0.25, -0.2) is 0 Å². The summed E-state index contributed by atoms with van der Waals surface area (Å²) < 4.78 is 1.95. The Labute approximate surface area is 132 Å². The van der Waals surface area contributed by atoms with Crippen LogP contribution in [0.5, 0.6) is 0 Å². The number of nitrogens with zero attached hydrogens (tertiary/aromatic N) is 5. The molecule has 0 radical (unpaired) electrons. The molecule has 1 atom stereocenters. The van der Waals surface area contributed by atoms with Crippen LogP contribution in [0.2, 0.25) is 0 Å². The fourth-order valence-corrected chi connectivity index (χ4v) is 3.10. The SMILES string of the molecule is CC(C)n1cc(-c2cnc(C[C@H]3CCCN(C)C3)cn2)cn1. The van der Waals surface area contributed by atoms with Gasteiger partial charge in [0, 0.05) is 30.5 Å². The van der Waals surface area contributed by atoms with Gasteiger partial charge in [0.1, 0.15) is 0 Å². The zero-order valence-electron chi connectivity index (χ0n) is 13.7. The molecule has 22 heavy (non-hydrogen) atoms. The molecule has 2 aromatic rings. The maximum atomic E-state index is 4.61. The maximum Gasteiger partial charge on any atom is 0.0916 e. The fraction of sp³-hybridized carbons (Fsp3) is 0.588. The van der Waals surface area contributed by atoms with Crippen LogP contribution in [0.25, 0.3) is 11.3 Å². The van der Waals surface area contributed by atoms with Gasteiger partial charge < -0.3 is 4.90 Å². The van der Waals surface area contributed by atoms with Crippen molar-refractivity contribution in [3.8, 4) is 11.3 Å². The van der Waals surface area contributed by atoms with Gasteiger partial charge in [-0.15, -0.1) is 0 Å². The molecule has 3 heterocycles. The predicted octanol–water partition coefficient (Wildman–Crippen LogP) is 2.81. The van der Waals surface area contributed by atoms with E-state index in [2.05, 4.69) is 40.9 Å². The summed E-state index contributed by atoms with van der Waals surface area (Å²) in [5.41, 5.74) is 3.03. The summed E-state index contributed by atoms with van der Waals surface area (Å²) in [6, 6.07) is 0.365. The van der Waals surface area contributed by atoms with Gasteiger partial charge in [0.15, 0.2) is 0 Å². The van der Waals surface area contributed by atoms with Crippen LogP contribution in [0.4, 0.5) is 0 Å². The first-order valence-electron chi connectivity index (χ1n) is 8.16. The van der Waals surface area contributed by atoms with Crippen molar-refractivity contribution >= 4 is 0 Å². The van der Waals surface area contributed by atoms with Gasteiger partial charge in [-0.2, -0.15) is 5.10 Å². The highest BCUT2D eigenvalue weighted by Crippen LogP contribution is 2.20. The van der Waals surface area contributed by atoms with Gasteiger partial charge in [-0.3, -0.25) is 14.6 Å². The van der Waals surface area contributed by atoms with E-state index in [1.807, 2.05) is 29.5 Å². The Bertz CT molecular complexity index is 602. The molecule has 5 nitrogen and oxygen atoms in total. The lowest BCUT2D eigenvalue weighted by Crippen LogP contribution is -2.33. The van der Waals surface area contributed by atoms with Crippen LogP contribution in [-0.2, 0) is 6.42 Å². The van der Waals surface area contributed by atoms with Crippen molar-refractivity contribution in [2.75, 3.05) is 20.1 Å². The van der Waals surface area contributed by atoms with Crippen LogP contribution in [-0.4, -0.2) is 44.8 Å². The average Bonchev–Trinajstić information content (AvgIpc) is 2.98. The summed E-state index contributed by atoms with van der Waals surface area (Å²) in [4.78, 5) is 11.6. The first-order valence-corrected chi connectivity index (χ1v) is 8.16. The van der Waals surface area contributed by atoms with E-state index in [1.54, 1.807) is 0 Å². The number of likely N-dealkylation sites (tertiary alicyclic amines) is 1. The van der Waals surface area contributed by atoms with E-state index in [4.69, 9.17) is 0 Å². The number of piperidine rings is 1. The van der Waals surface area contributed by atoms with Gasteiger partial charge in [0.2, 0.25) is 0 Å². The quantitative estimate of drug-likeness (QED) is 0.871. The summed E-state index contributed by atoms with van der Waals surface area (Å²) in [6.07, 6.45) is 11.3. The van der Waals surface area contributed by atoms with Gasteiger partial charge in [0.05, 0.1) is 23.8 Å². The van der Waals surface area contributed by atoms with Gasteiger partial charge in [-0.1, -0.05) is 0 Å². The molecule has 0 aliphatic carbocycles. The Morgan fingerprint density at radius 2 is 2.09 bits per heavy atom. The van der Waals surface area contributed by atoms with Crippen LogP contribution in [0.3, 0.4) is 0 Å². The number of hydrogen-bond donors (Lipinski definition) is 0. The zero-order chi connectivity index (χ0) is 15.5. The smallest absolute Gasteiger partial charge is 0.0916 e. The number of rotatable bonds is 4. The molecule has 1 fully saturated rings. The lowest BCUT2D eigenvalue weighted by molar-refractivity contribution is 0.208. The number of aromatic nitrogens is 4.